The molecular formula is C39H32N4S. The zero-order valence-electron chi connectivity index (χ0n) is 24.8. The molecule has 7 aromatic rings. The van der Waals surface area contributed by atoms with Crippen LogP contribution in [0.2, 0.25) is 0 Å². The fraction of sp³-hybridized carbons (Fsp3) is 0.103. The minimum absolute atomic E-state index is 0.436. The van der Waals surface area contributed by atoms with Gasteiger partial charge >= 0.3 is 0 Å². The maximum Gasteiger partial charge on any atom is 0.137 e. The number of rotatable bonds is 6. The van der Waals surface area contributed by atoms with Crippen LogP contribution < -0.4 is 9.80 Å². The van der Waals surface area contributed by atoms with Crippen LogP contribution in [0.1, 0.15) is 25.3 Å². The van der Waals surface area contributed by atoms with Gasteiger partial charge in [-0.25, -0.2) is 4.98 Å². The normalized spacial score (nSPS) is 12.9. The summed E-state index contributed by atoms with van der Waals surface area (Å²) in [5.74, 6) is 1.40. The first-order valence-corrected chi connectivity index (χ1v) is 15.9. The van der Waals surface area contributed by atoms with Gasteiger partial charge in [-0.2, -0.15) is 0 Å². The summed E-state index contributed by atoms with van der Waals surface area (Å²) in [5, 5.41) is 2.48. The van der Waals surface area contributed by atoms with Crippen molar-refractivity contribution >= 4 is 56.3 Å². The topological polar surface area (TPSA) is 24.3 Å². The van der Waals surface area contributed by atoms with E-state index in [0.717, 1.165) is 12.5 Å². The van der Waals surface area contributed by atoms with E-state index in [2.05, 4.69) is 162 Å². The van der Waals surface area contributed by atoms with Gasteiger partial charge in [0.25, 0.3) is 0 Å². The zero-order chi connectivity index (χ0) is 29.6. The number of nitrogens with zero attached hydrogens (tertiary/aromatic N) is 4. The van der Waals surface area contributed by atoms with Crippen LogP contribution in [0, 0.1) is 0 Å². The summed E-state index contributed by atoms with van der Waals surface area (Å²) in [6.07, 6.45) is 1.94. The Morgan fingerprint density at radius 1 is 0.591 bits per heavy atom. The molecular weight excluding hydrogens is 557 g/mol. The Morgan fingerprint density at radius 3 is 2.09 bits per heavy atom. The summed E-state index contributed by atoms with van der Waals surface area (Å²) in [7, 11) is 0. The zero-order valence-corrected chi connectivity index (χ0v) is 25.6. The second-order valence-corrected chi connectivity index (χ2v) is 12.7. The van der Waals surface area contributed by atoms with Crippen LogP contribution in [0.25, 0.3) is 27.6 Å². The minimum atomic E-state index is 0.436. The molecule has 0 saturated carbocycles. The van der Waals surface area contributed by atoms with Crippen molar-refractivity contribution in [3.8, 4) is 5.82 Å². The van der Waals surface area contributed by atoms with Crippen LogP contribution >= 0.6 is 11.8 Å². The number of fused-ring (bicyclic) bond motifs is 4. The maximum atomic E-state index is 4.83. The van der Waals surface area contributed by atoms with Gasteiger partial charge in [0, 0.05) is 38.1 Å². The molecule has 0 aliphatic carbocycles. The lowest BCUT2D eigenvalue weighted by Gasteiger charge is -2.22. The molecule has 0 fully saturated rings. The predicted molar refractivity (Wildman–Crippen MR) is 185 cm³/mol. The molecule has 0 spiro atoms. The summed E-state index contributed by atoms with van der Waals surface area (Å²) in [6.45, 7) is 5.23. The molecule has 2 aromatic heterocycles. The Labute approximate surface area is 262 Å². The highest BCUT2D eigenvalue weighted by molar-refractivity contribution is 7.99. The van der Waals surface area contributed by atoms with E-state index in [-0.39, 0.29) is 0 Å². The molecule has 8 rings (SSSR count). The fourth-order valence-electron chi connectivity index (χ4n) is 6.29. The van der Waals surface area contributed by atoms with Gasteiger partial charge < -0.3 is 9.80 Å². The molecule has 0 bridgehead atoms. The summed E-state index contributed by atoms with van der Waals surface area (Å²) in [6, 6.07) is 48.0. The molecule has 44 heavy (non-hydrogen) atoms. The van der Waals surface area contributed by atoms with Gasteiger partial charge in [0.2, 0.25) is 0 Å². The van der Waals surface area contributed by atoms with Crippen molar-refractivity contribution in [2.45, 2.75) is 29.6 Å². The van der Waals surface area contributed by atoms with Crippen molar-refractivity contribution in [1.82, 2.24) is 9.55 Å². The lowest BCUT2D eigenvalue weighted by molar-refractivity contribution is 0.858. The van der Waals surface area contributed by atoms with E-state index in [9.17, 15) is 0 Å². The lowest BCUT2D eigenvalue weighted by atomic mass is 10.1. The van der Waals surface area contributed by atoms with Crippen molar-refractivity contribution in [1.29, 1.82) is 0 Å². The number of benzene rings is 5. The van der Waals surface area contributed by atoms with Crippen LogP contribution in [0.15, 0.2) is 149 Å². The van der Waals surface area contributed by atoms with E-state index in [0.29, 0.717) is 5.92 Å². The van der Waals surface area contributed by atoms with Crippen LogP contribution in [0.4, 0.5) is 22.7 Å². The molecule has 214 valence electrons. The van der Waals surface area contributed by atoms with Crippen molar-refractivity contribution in [2.24, 2.45) is 0 Å². The van der Waals surface area contributed by atoms with Gasteiger partial charge in [0.1, 0.15) is 12.5 Å². The highest BCUT2D eigenvalue weighted by atomic mass is 32.2. The molecule has 4 nitrogen and oxygen atoms in total. The first kappa shape index (κ1) is 26.6. The van der Waals surface area contributed by atoms with E-state index in [4.69, 9.17) is 4.98 Å². The first-order valence-electron chi connectivity index (χ1n) is 15.1. The molecule has 0 saturated heterocycles. The summed E-state index contributed by atoms with van der Waals surface area (Å²) in [5.41, 5.74) is 8.47. The average Bonchev–Trinajstić information content (AvgIpc) is 3.61. The number of hydrogen-bond donors (Lipinski definition) is 0. The smallest absolute Gasteiger partial charge is 0.137 e. The Hall–Kier alpha value is -5.00. The second kappa shape index (κ2) is 10.9. The highest BCUT2D eigenvalue weighted by Crippen LogP contribution is 2.45. The number of aromatic nitrogens is 2. The third-order valence-corrected chi connectivity index (χ3v) is 9.47. The largest absolute Gasteiger partial charge is 0.321 e. The van der Waals surface area contributed by atoms with Crippen molar-refractivity contribution < 1.29 is 0 Å². The minimum Gasteiger partial charge on any atom is -0.321 e. The number of pyridine rings is 1. The molecule has 5 heteroatoms. The quantitative estimate of drug-likeness (QED) is 0.193. The van der Waals surface area contributed by atoms with Gasteiger partial charge in [-0.3, -0.25) is 4.57 Å². The Bertz CT molecular complexity index is 2130. The Morgan fingerprint density at radius 2 is 1.27 bits per heavy atom. The first-order chi connectivity index (χ1) is 21.6. The molecule has 0 radical (unpaired) electrons. The van der Waals surface area contributed by atoms with Crippen molar-refractivity contribution in [3.05, 3.63) is 145 Å². The Kier molecular flexibility index (Phi) is 6.61. The van der Waals surface area contributed by atoms with Crippen LogP contribution in [0.3, 0.4) is 0 Å². The highest BCUT2D eigenvalue weighted by Gasteiger charge is 2.27. The van der Waals surface area contributed by atoms with E-state index < -0.39 is 0 Å². The van der Waals surface area contributed by atoms with Gasteiger partial charge in [0.15, 0.2) is 0 Å². The van der Waals surface area contributed by atoms with E-state index in [1.54, 1.807) is 11.8 Å². The molecule has 3 heterocycles. The monoisotopic (exact) mass is 588 g/mol. The standard InChI is InChI=1S/C39H32N4S/c1-27(2)28-21-22-40-39(23-28)43-35-16-7-6-15-33(35)34-20-19-32(25-38(34)43)44-31-14-10-13-30(24-31)42-26-41(29-11-4-3-5-12-29)36-17-8-9-18-37(36)42/h3-25,27H,26H2,1-2H3. The van der Waals surface area contributed by atoms with Crippen LogP contribution in [-0.4, -0.2) is 16.2 Å². The SMILES string of the molecule is CC(C)c1ccnc(-n2c3ccccc3c3ccc(Sc4cccc(N5CN(c6ccccc6)c6ccccc65)c4)cc32)c1. The van der Waals surface area contributed by atoms with Gasteiger partial charge in [-0.1, -0.05) is 86.3 Å². The number of para-hydroxylation sites is 4. The molecule has 0 amide bonds. The second-order valence-electron chi connectivity index (χ2n) is 11.6. The van der Waals surface area contributed by atoms with E-state index in [1.165, 1.54) is 59.9 Å². The number of anilines is 4. The summed E-state index contributed by atoms with van der Waals surface area (Å²) >= 11 is 1.80. The fourth-order valence-corrected chi connectivity index (χ4v) is 7.20. The maximum absolute atomic E-state index is 4.83. The van der Waals surface area contributed by atoms with Crippen molar-refractivity contribution in [3.63, 3.8) is 0 Å². The van der Waals surface area contributed by atoms with Crippen LogP contribution in [-0.2, 0) is 0 Å². The van der Waals surface area contributed by atoms with Gasteiger partial charge in [-0.05, 0) is 84.3 Å². The van der Waals surface area contributed by atoms with E-state index >= 15 is 0 Å². The van der Waals surface area contributed by atoms with Crippen molar-refractivity contribution in [2.75, 3.05) is 16.5 Å². The predicted octanol–water partition coefficient (Wildman–Crippen LogP) is 10.7. The lowest BCUT2D eigenvalue weighted by Crippen LogP contribution is -2.23. The van der Waals surface area contributed by atoms with E-state index in [1.807, 2.05) is 6.20 Å². The third-order valence-electron chi connectivity index (χ3n) is 8.49. The molecule has 0 unspecified atom stereocenters. The van der Waals surface area contributed by atoms with Gasteiger partial charge in [-0.15, -0.1) is 0 Å². The molecule has 5 aromatic carbocycles. The van der Waals surface area contributed by atoms with Crippen LogP contribution in [0.5, 0.6) is 0 Å². The molecule has 0 N–H and O–H groups in total. The molecule has 1 aliphatic rings. The van der Waals surface area contributed by atoms with Gasteiger partial charge in [0.05, 0.1) is 22.4 Å². The summed E-state index contributed by atoms with van der Waals surface area (Å²) < 4.78 is 2.32. The summed E-state index contributed by atoms with van der Waals surface area (Å²) in [4.78, 5) is 12.0. The third kappa shape index (κ3) is 4.61. The molecule has 0 atom stereocenters. The number of hydrogen-bond acceptors (Lipinski definition) is 4. The average molecular weight is 589 g/mol. The molecule has 1 aliphatic heterocycles. The Balaban J connectivity index is 1.16.